The SMILES string of the molecule is CCNC(=NCC(c1ccc(C)cc1)N1CCOCC1)NC1CCN(C(=O)C(C)C)C1. The van der Waals surface area contributed by atoms with E-state index in [1.165, 1.54) is 11.1 Å². The Kier molecular flexibility index (Phi) is 8.72. The molecule has 7 heteroatoms. The highest BCUT2D eigenvalue weighted by molar-refractivity contribution is 5.81. The molecule has 31 heavy (non-hydrogen) atoms. The maximum Gasteiger partial charge on any atom is 0.225 e. The number of guanidine groups is 1. The van der Waals surface area contributed by atoms with Crippen LogP contribution in [0.3, 0.4) is 0 Å². The van der Waals surface area contributed by atoms with Gasteiger partial charge in [0.05, 0.1) is 25.8 Å². The lowest BCUT2D eigenvalue weighted by Crippen LogP contribution is -2.46. The van der Waals surface area contributed by atoms with Crippen LogP contribution in [-0.4, -0.2) is 80.2 Å². The topological polar surface area (TPSA) is 69.2 Å². The van der Waals surface area contributed by atoms with E-state index in [4.69, 9.17) is 9.73 Å². The Morgan fingerprint density at radius 2 is 1.90 bits per heavy atom. The van der Waals surface area contributed by atoms with Gasteiger partial charge in [-0.1, -0.05) is 43.7 Å². The van der Waals surface area contributed by atoms with Crippen molar-refractivity contribution in [3.63, 3.8) is 0 Å². The number of carbonyl (C=O) groups excluding carboxylic acids is 1. The van der Waals surface area contributed by atoms with Gasteiger partial charge in [-0.25, -0.2) is 0 Å². The number of likely N-dealkylation sites (tertiary alicyclic amines) is 1. The van der Waals surface area contributed by atoms with Gasteiger partial charge in [0.1, 0.15) is 0 Å². The number of hydrogen-bond donors (Lipinski definition) is 2. The van der Waals surface area contributed by atoms with Crippen molar-refractivity contribution in [3.05, 3.63) is 35.4 Å². The first-order valence-corrected chi connectivity index (χ1v) is 11.7. The summed E-state index contributed by atoms with van der Waals surface area (Å²) in [6.45, 7) is 14.6. The van der Waals surface area contributed by atoms with E-state index < -0.39 is 0 Å². The molecule has 1 aromatic carbocycles. The summed E-state index contributed by atoms with van der Waals surface area (Å²) in [5.74, 6) is 1.11. The van der Waals surface area contributed by atoms with Gasteiger partial charge in [-0.15, -0.1) is 0 Å². The molecule has 2 unspecified atom stereocenters. The molecule has 1 aromatic rings. The van der Waals surface area contributed by atoms with E-state index in [1.807, 2.05) is 18.7 Å². The lowest BCUT2D eigenvalue weighted by atomic mass is 10.0. The van der Waals surface area contributed by atoms with Crippen LogP contribution in [0.1, 0.15) is 44.4 Å². The molecule has 2 fully saturated rings. The zero-order valence-corrected chi connectivity index (χ0v) is 19.6. The van der Waals surface area contributed by atoms with E-state index in [2.05, 4.69) is 53.6 Å². The van der Waals surface area contributed by atoms with Crippen LogP contribution in [0.5, 0.6) is 0 Å². The second kappa shape index (κ2) is 11.5. The second-order valence-corrected chi connectivity index (χ2v) is 8.86. The number of aryl methyl sites for hydroxylation is 1. The molecule has 0 bridgehead atoms. The van der Waals surface area contributed by atoms with Crippen molar-refractivity contribution >= 4 is 11.9 Å². The summed E-state index contributed by atoms with van der Waals surface area (Å²) in [4.78, 5) is 21.7. The number of amides is 1. The number of rotatable bonds is 7. The van der Waals surface area contributed by atoms with E-state index in [0.29, 0.717) is 6.54 Å². The number of nitrogens with one attached hydrogen (secondary N) is 2. The predicted octanol–water partition coefficient (Wildman–Crippen LogP) is 2.18. The summed E-state index contributed by atoms with van der Waals surface area (Å²) in [6.07, 6.45) is 0.952. The fourth-order valence-electron chi connectivity index (χ4n) is 4.24. The third-order valence-corrected chi connectivity index (χ3v) is 6.05. The lowest BCUT2D eigenvalue weighted by Gasteiger charge is -2.34. The van der Waals surface area contributed by atoms with E-state index in [-0.39, 0.29) is 23.9 Å². The Balaban J connectivity index is 1.68. The van der Waals surface area contributed by atoms with Crippen LogP contribution in [0.2, 0.25) is 0 Å². The smallest absolute Gasteiger partial charge is 0.225 e. The van der Waals surface area contributed by atoms with Gasteiger partial charge in [0.25, 0.3) is 0 Å². The summed E-state index contributed by atoms with van der Waals surface area (Å²) in [7, 11) is 0. The highest BCUT2D eigenvalue weighted by atomic mass is 16.5. The van der Waals surface area contributed by atoms with Crippen LogP contribution in [0.15, 0.2) is 29.3 Å². The van der Waals surface area contributed by atoms with Crippen molar-refractivity contribution in [2.24, 2.45) is 10.9 Å². The largest absolute Gasteiger partial charge is 0.379 e. The number of carbonyl (C=O) groups is 1. The number of ether oxygens (including phenoxy) is 1. The minimum atomic E-state index is 0.0458. The molecular formula is C24H39N5O2. The Morgan fingerprint density at radius 3 is 2.55 bits per heavy atom. The lowest BCUT2D eigenvalue weighted by molar-refractivity contribution is -0.133. The van der Waals surface area contributed by atoms with Gasteiger partial charge in [0.15, 0.2) is 5.96 Å². The quantitative estimate of drug-likeness (QED) is 0.514. The molecule has 2 atom stereocenters. The molecule has 172 valence electrons. The molecule has 7 nitrogen and oxygen atoms in total. The molecule has 2 heterocycles. The van der Waals surface area contributed by atoms with E-state index in [9.17, 15) is 4.79 Å². The highest BCUT2D eigenvalue weighted by Crippen LogP contribution is 2.23. The van der Waals surface area contributed by atoms with Crippen LogP contribution in [-0.2, 0) is 9.53 Å². The monoisotopic (exact) mass is 429 g/mol. The van der Waals surface area contributed by atoms with Crippen molar-refractivity contribution in [3.8, 4) is 0 Å². The van der Waals surface area contributed by atoms with Crippen LogP contribution in [0.25, 0.3) is 0 Å². The minimum Gasteiger partial charge on any atom is -0.379 e. The van der Waals surface area contributed by atoms with Crippen molar-refractivity contribution in [2.45, 2.75) is 46.2 Å². The summed E-state index contributed by atoms with van der Waals surface area (Å²) >= 11 is 0. The molecule has 2 N–H and O–H groups in total. The number of aliphatic imine (C=N–C) groups is 1. The number of morpholine rings is 1. The van der Waals surface area contributed by atoms with Crippen LogP contribution in [0, 0.1) is 12.8 Å². The first-order chi connectivity index (χ1) is 15.0. The first kappa shape index (κ1) is 23.5. The molecule has 0 radical (unpaired) electrons. The van der Waals surface area contributed by atoms with Gasteiger partial charge in [-0.3, -0.25) is 14.7 Å². The third kappa shape index (κ3) is 6.68. The number of hydrogen-bond acceptors (Lipinski definition) is 4. The van der Waals surface area contributed by atoms with Gasteiger partial charge >= 0.3 is 0 Å². The molecule has 2 aliphatic rings. The molecule has 1 amide bonds. The normalized spacial score (nSPS) is 21.4. The van der Waals surface area contributed by atoms with Crippen molar-refractivity contribution in [1.82, 2.24) is 20.4 Å². The molecule has 0 aliphatic carbocycles. The van der Waals surface area contributed by atoms with Gasteiger partial charge in [0.2, 0.25) is 5.91 Å². The second-order valence-electron chi connectivity index (χ2n) is 8.86. The molecule has 0 aromatic heterocycles. The van der Waals surface area contributed by atoms with Crippen molar-refractivity contribution < 1.29 is 9.53 Å². The van der Waals surface area contributed by atoms with Crippen molar-refractivity contribution in [2.75, 3.05) is 52.5 Å². The van der Waals surface area contributed by atoms with E-state index in [1.54, 1.807) is 0 Å². The average Bonchev–Trinajstić information content (AvgIpc) is 3.23. The van der Waals surface area contributed by atoms with Gasteiger partial charge in [-0.2, -0.15) is 0 Å². The maximum atomic E-state index is 12.3. The number of benzene rings is 1. The fourth-order valence-corrected chi connectivity index (χ4v) is 4.24. The Labute approximate surface area is 187 Å². The summed E-state index contributed by atoms with van der Waals surface area (Å²) in [5.41, 5.74) is 2.56. The number of nitrogens with zero attached hydrogens (tertiary/aromatic N) is 3. The van der Waals surface area contributed by atoms with Crippen LogP contribution in [0.4, 0.5) is 0 Å². The third-order valence-electron chi connectivity index (χ3n) is 6.05. The zero-order valence-electron chi connectivity index (χ0n) is 19.6. The van der Waals surface area contributed by atoms with Crippen LogP contribution >= 0.6 is 0 Å². The molecule has 3 rings (SSSR count). The van der Waals surface area contributed by atoms with Gasteiger partial charge in [-0.05, 0) is 25.8 Å². The predicted molar refractivity (Wildman–Crippen MR) is 125 cm³/mol. The van der Waals surface area contributed by atoms with Gasteiger partial charge < -0.3 is 20.3 Å². The highest BCUT2D eigenvalue weighted by Gasteiger charge is 2.28. The average molecular weight is 430 g/mol. The molecule has 0 saturated carbocycles. The Hall–Kier alpha value is -2.12. The standard InChI is InChI=1S/C24H39N5O2/c1-5-25-24(27-21-10-11-29(17-21)23(30)18(2)3)26-16-22(28-12-14-31-15-13-28)20-8-6-19(4)7-9-20/h6-9,18,21-22H,5,10-17H2,1-4H3,(H2,25,26,27). The summed E-state index contributed by atoms with van der Waals surface area (Å²) in [5, 5.41) is 6.95. The van der Waals surface area contributed by atoms with E-state index >= 15 is 0 Å². The Morgan fingerprint density at radius 1 is 1.19 bits per heavy atom. The Bertz CT molecular complexity index is 728. The molecular weight excluding hydrogens is 390 g/mol. The summed E-state index contributed by atoms with van der Waals surface area (Å²) < 4.78 is 5.57. The van der Waals surface area contributed by atoms with Crippen molar-refractivity contribution in [1.29, 1.82) is 0 Å². The van der Waals surface area contributed by atoms with Crippen LogP contribution < -0.4 is 10.6 Å². The fraction of sp³-hybridized carbons (Fsp3) is 0.667. The molecule has 2 aliphatic heterocycles. The molecule has 2 saturated heterocycles. The van der Waals surface area contributed by atoms with Gasteiger partial charge in [0, 0.05) is 44.7 Å². The minimum absolute atomic E-state index is 0.0458. The maximum absolute atomic E-state index is 12.3. The molecule has 0 spiro atoms. The summed E-state index contributed by atoms with van der Waals surface area (Å²) in [6, 6.07) is 9.25. The zero-order chi connectivity index (χ0) is 22.2. The first-order valence-electron chi connectivity index (χ1n) is 11.7. The van der Waals surface area contributed by atoms with E-state index in [0.717, 1.165) is 58.3 Å².